The molecule has 0 radical (unpaired) electrons. The molecule has 2 heterocycles. The maximum Gasteiger partial charge on any atom is 0.0860 e. The predicted octanol–water partition coefficient (Wildman–Crippen LogP) is 2.91. The second-order valence-electron chi connectivity index (χ2n) is 5.12. The van der Waals surface area contributed by atoms with Gasteiger partial charge in [0.25, 0.3) is 0 Å². The van der Waals surface area contributed by atoms with Crippen LogP contribution in [0.1, 0.15) is 44.0 Å². The van der Waals surface area contributed by atoms with Crippen LogP contribution in [0.4, 0.5) is 0 Å². The molecule has 0 spiro atoms. The minimum absolute atomic E-state index is 0.439. The lowest BCUT2D eigenvalue weighted by molar-refractivity contribution is 0.0115. The van der Waals surface area contributed by atoms with Crippen LogP contribution in [0, 0.1) is 6.92 Å². The molecule has 0 amide bonds. The lowest BCUT2D eigenvalue weighted by Crippen LogP contribution is -2.25. The molecule has 4 nitrogen and oxygen atoms in total. The van der Waals surface area contributed by atoms with Gasteiger partial charge in [-0.15, -0.1) is 0 Å². The van der Waals surface area contributed by atoms with Crippen molar-refractivity contribution in [1.82, 2.24) is 15.1 Å². The number of ether oxygens (including phenoxy) is 1. The zero-order chi connectivity index (χ0) is 13.7. The van der Waals surface area contributed by atoms with Crippen molar-refractivity contribution in [3.8, 4) is 0 Å². The molecule has 1 aliphatic heterocycles. The van der Waals surface area contributed by atoms with E-state index in [2.05, 4.69) is 17.3 Å². The Morgan fingerprint density at radius 1 is 1.47 bits per heavy atom. The molecule has 5 heteroatoms. The van der Waals surface area contributed by atoms with Crippen molar-refractivity contribution in [2.24, 2.45) is 0 Å². The Bertz CT molecular complexity index is 400. The van der Waals surface area contributed by atoms with Gasteiger partial charge < -0.3 is 10.1 Å². The standard InChI is InChI=1S/C14H24ClN3O/c1-3-18-13(14(15)11(2)17-18)10-16-8-7-12-6-4-5-9-19-12/h12,16H,3-10H2,1-2H3. The smallest absolute Gasteiger partial charge is 0.0860 e. The van der Waals surface area contributed by atoms with E-state index in [1.165, 1.54) is 19.3 Å². The van der Waals surface area contributed by atoms with Crippen molar-refractivity contribution in [3.63, 3.8) is 0 Å². The summed E-state index contributed by atoms with van der Waals surface area (Å²) in [5.41, 5.74) is 2.00. The van der Waals surface area contributed by atoms with Crippen LogP contribution in [0.15, 0.2) is 0 Å². The van der Waals surface area contributed by atoms with Crippen molar-refractivity contribution in [1.29, 1.82) is 0 Å². The fourth-order valence-corrected chi connectivity index (χ4v) is 2.74. The average molecular weight is 286 g/mol. The van der Waals surface area contributed by atoms with Crippen molar-refractivity contribution in [2.75, 3.05) is 13.2 Å². The molecule has 1 N–H and O–H groups in total. The average Bonchev–Trinajstić information content (AvgIpc) is 2.72. The molecule has 0 aromatic carbocycles. The van der Waals surface area contributed by atoms with Crippen molar-refractivity contribution < 1.29 is 4.74 Å². The van der Waals surface area contributed by atoms with Crippen molar-refractivity contribution in [3.05, 3.63) is 16.4 Å². The highest BCUT2D eigenvalue weighted by Gasteiger charge is 2.14. The molecule has 1 aliphatic rings. The summed E-state index contributed by atoms with van der Waals surface area (Å²) < 4.78 is 7.69. The Kier molecular flexibility index (Phi) is 5.67. The summed E-state index contributed by atoms with van der Waals surface area (Å²) in [6.07, 6.45) is 5.24. The lowest BCUT2D eigenvalue weighted by Gasteiger charge is -2.22. The minimum Gasteiger partial charge on any atom is -0.378 e. The fraction of sp³-hybridized carbons (Fsp3) is 0.786. The molecule has 1 atom stereocenters. The van der Waals surface area contributed by atoms with Crippen LogP contribution in [-0.2, 0) is 17.8 Å². The van der Waals surface area contributed by atoms with Gasteiger partial charge in [-0.2, -0.15) is 5.10 Å². The summed E-state index contributed by atoms with van der Waals surface area (Å²) in [6.45, 7) is 7.57. The van der Waals surface area contributed by atoms with E-state index in [9.17, 15) is 0 Å². The van der Waals surface area contributed by atoms with Gasteiger partial charge in [-0.25, -0.2) is 0 Å². The SMILES string of the molecule is CCn1nc(C)c(Cl)c1CNCCC1CCCCO1. The van der Waals surface area contributed by atoms with Crippen LogP contribution in [0.25, 0.3) is 0 Å². The maximum atomic E-state index is 6.27. The van der Waals surface area contributed by atoms with E-state index in [1.807, 2.05) is 11.6 Å². The van der Waals surface area contributed by atoms with Crippen LogP contribution >= 0.6 is 11.6 Å². The van der Waals surface area contributed by atoms with Gasteiger partial charge in [0.05, 0.1) is 22.5 Å². The molecule has 0 saturated carbocycles. The first-order valence-electron chi connectivity index (χ1n) is 7.26. The number of hydrogen-bond donors (Lipinski definition) is 1. The van der Waals surface area contributed by atoms with Gasteiger partial charge in [-0.1, -0.05) is 11.6 Å². The van der Waals surface area contributed by atoms with E-state index >= 15 is 0 Å². The van der Waals surface area contributed by atoms with Gasteiger partial charge in [0.15, 0.2) is 0 Å². The molecule has 0 bridgehead atoms. The molecule has 1 unspecified atom stereocenters. The van der Waals surface area contributed by atoms with Gasteiger partial charge >= 0.3 is 0 Å². The number of hydrogen-bond acceptors (Lipinski definition) is 3. The summed E-state index contributed by atoms with van der Waals surface area (Å²) in [4.78, 5) is 0. The second kappa shape index (κ2) is 7.27. The third kappa shape index (κ3) is 3.94. The maximum absolute atomic E-state index is 6.27. The number of halogens is 1. The van der Waals surface area contributed by atoms with Gasteiger partial charge in [0, 0.05) is 19.7 Å². The predicted molar refractivity (Wildman–Crippen MR) is 77.6 cm³/mol. The number of nitrogens with zero attached hydrogens (tertiary/aromatic N) is 2. The highest BCUT2D eigenvalue weighted by atomic mass is 35.5. The molecule has 1 aromatic heterocycles. The van der Waals surface area contributed by atoms with Crippen LogP contribution in [0.2, 0.25) is 5.02 Å². The highest BCUT2D eigenvalue weighted by molar-refractivity contribution is 6.31. The summed E-state index contributed by atoms with van der Waals surface area (Å²) in [6, 6.07) is 0. The molecule has 2 rings (SSSR count). The quantitative estimate of drug-likeness (QED) is 0.817. The van der Waals surface area contributed by atoms with E-state index < -0.39 is 0 Å². The van der Waals surface area contributed by atoms with Gasteiger partial charge in [-0.05, 0) is 46.1 Å². The molecule has 1 aromatic rings. The summed E-state index contributed by atoms with van der Waals surface area (Å²) in [5, 5.41) is 8.66. The number of aromatic nitrogens is 2. The Morgan fingerprint density at radius 3 is 3.00 bits per heavy atom. The molecular formula is C14H24ClN3O. The fourth-order valence-electron chi connectivity index (χ4n) is 2.54. The van der Waals surface area contributed by atoms with E-state index in [0.717, 1.165) is 49.1 Å². The summed E-state index contributed by atoms with van der Waals surface area (Å²) in [7, 11) is 0. The van der Waals surface area contributed by atoms with E-state index in [-0.39, 0.29) is 0 Å². The first kappa shape index (κ1) is 14.8. The largest absolute Gasteiger partial charge is 0.378 e. The van der Waals surface area contributed by atoms with Crippen molar-refractivity contribution in [2.45, 2.75) is 58.7 Å². The second-order valence-corrected chi connectivity index (χ2v) is 5.49. The number of nitrogens with one attached hydrogen (secondary N) is 1. The third-order valence-corrected chi connectivity index (χ3v) is 4.15. The van der Waals surface area contributed by atoms with E-state index in [0.29, 0.717) is 6.10 Å². The van der Waals surface area contributed by atoms with Crippen LogP contribution in [0.5, 0.6) is 0 Å². The third-order valence-electron chi connectivity index (χ3n) is 3.66. The molecule has 108 valence electrons. The molecular weight excluding hydrogens is 262 g/mol. The summed E-state index contributed by atoms with van der Waals surface area (Å²) >= 11 is 6.27. The van der Waals surface area contributed by atoms with Crippen LogP contribution in [-0.4, -0.2) is 29.0 Å². The zero-order valence-electron chi connectivity index (χ0n) is 11.9. The summed E-state index contributed by atoms with van der Waals surface area (Å²) in [5.74, 6) is 0. The van der Waals surface area contributed by atoms with Crippen LogP contribution < -0.4 is 5.32 Å². The van der Waals surface area contributed by atoms with Gasteiger partial charge in [-0.3, -0.25) is 4.68 Å². The lowest BCUT2D eigenvalue weighted by atomic mass is 10.1. The Morgan fingerprint density at radius 2 is 2.32 bits per heavy atom. The zero-order valence-corrected chi connectivity index (χ0v) is 12.7. The first-order chi connectivity index (χ1) is 9.22. The van der Waals surface area contributed by atoms with Crippen LogP contribution in [0.3, 0.4) is 0 Å². The molecule has 19 heavy (non-hydrogen) atoms. The minimum atomic E-state index is 0.439. The highest BCUT2D eigenvalue weighted by Crippen LogP contribution is 2.20. The first-order valence-corrected chi connectivity index (χ1v) is 7.64. The topological polar surface area (TPSA) is 39.1 Å². The Balaban J connectivity index is 1.76. The molecule has 0 aliphatic carbocycles. The van der Waals surface area contributed by atoms with E-state index in [4.69, 9.17) is 16.3 Å². The van der Waals surface area contributed by atoms with Gasteiger partial charge in [0.2, 0.25) is 0 Å². The number of rotatable bonds is 6. The van der Waals surface area contributed by atoms with E-state index in [1.54, 1.807) is 0 Å². The normalized spacial score (nSPS) is 19.8. The number of aryl methyl sites for hydroxylation is 2. The Hall–Kier alpha value is -0.580. The van der Waals surface area contributed by atoms with Crippen molar-refractivity contribution >= 4 is 11.6 Å². The molecule has 1 fully saturated rings. The molecule has 1 saturated heterocycles. The Labute approximate surface area is 120 Å². The monoisotopic (exact) mass is 285 g/mol. The van der Waals surface area contributed by atoms with Gasteiger partial charge in [0.1, 0.15) is 0 Å².